The Labute approximate surface area is 137 Å². The van der Waals surface area contributed by atoms with Crippen molar-refractivity contribution in [3.05, 3.63) is 0 Å². The Balaban J connectivity index is 1.61. The second kappa shape index (κ2) is 9.57. The molecule has 2 aliphatic rings. The Bertz CT molecular complexity index is 310. The lowest BCUT2D eigenvalue weighted by atomic mass is 9.68. The second-order valence-electron chi connectivity index (χ2n) is 7.99. The number of unbranched alkanes of at least 4 members (excludes halogenated alkanes) is 2. The number of carboxylic acid groups (broad SMARTS) is 1. The molecule has 2 nitrogen and oxygen atoms in total. The van der Waals surface area contributed by atoms with E-state index in [-0.39, 0.29) is 0 Å². The van der Waals surface area contributed by atoms with Crippen LogP contribution in [0.25, 0.3) is 0 Å². The maximum atomic E-state index is 10.7. The molecule has 0 bridgehead atoms. The summed E-state index contributed by atoms with van der Waals surface area (Å²) >= 11 is 0. The van der Waals surface area contributed by atoms with E-state index in [1.165, 1.54) is 77.0 Å². The molecule has 0 amide bonds. The third-order valence-corrected chi connectivity index (χ3v) is 6.43. The van der Waals surface area contributed by atoms with Gasteiger partial charge in [-0.05, 0) is 55.8 Å². The van der Waals surface area contributed by atoms with Crippen molar-refractivity contribution in [1.29, 1.82) is 0 Å². The molecular weight excluding hydrogens is 272 g/mol. The normalized spacial score (nSPS) is 32.8. The van der Waals surface area contributed by atoms with Gasteiger partial charge in [-0.3, -0.25) is 4.79 Å². The molecule has 0 saturated heterocycles. The number of aliphatic carboxylic acids is 1. The second-order valence-corrected chi connectivity index (χ2v) is 7.99. The zero-order valence-electron chi connectivity index (χ0n) is 14.6. The van der Waals surface area contributed by atoms with E-state index in [9.17, 15) is 4.79 Å². The van der Waals surface area contributed by atoms with Crippen molar-refractivity contribution in [2.45, 2.75) is 96.8 Å². The third kappa shape index (κ3) is 5.93. The van der Waals surface area contributed by atoms with Crippen molar-refractivity contribution < 1.29 is 9.90 Å². The van der Waals surface area contributed by atoms with Crippen molar-refractivity contribution >= 4 is 5.97 Å². The first-order valence-corrected chi connectivity index (χ1v) is 9.90. The fraction of sp³-hybridized carbons (Fsp3) is 0.950. The molecule has 0 atom stereocenters. The molecule has 2 rings (SSSR count). The van der Waals surface area contributed by atoms with Gasteiger partial charge in [-0.1, -0.05) is 58.3 Å². The highest BCUT2D eigenvalue weighted by Gasteiger charge is 2.30. The summed E-state index contributed by atoms with van der Waals surface area (Å²) in [5.41, 5.74) is 0. The van der Waals surface area contributed by atoms with Crippen LogP contribution >= 0.6 is 0 Å². The Kier molecular flexibility index (Phi) is 7.75. The number of hydrogen-bond acceptors (Lipinski definition) is 1. The SMILES string of the molecule is CCCCC[C@H]1CC[C@H]([C@H]2CC[C@H](CCC(=O)O)CC2)CC1. The van der Waals surface area contributed by atoms with Gasteiger partial charge < -0.3 is 5.11 Å². The van der Waals surface area contributed by atoms with E-state index in [1.54, 1.807) is 0 Å². The summed E-state index contributed by atoms with van der Waals surface area (Å²) in [6.07, 6.45) is 18.2. The van der Waals surface area contributed by atoms with Crippen LogP contribution in [0.3, 0.4) is 0 Å². The van der Waals surface area contributed by atoms with Gasteiger partial charge in [0.15, 0.2) is 0 Å². The highest BCUT2D eigenvalue weighted by atomic mass is 16.4. The van der Waals surface area contributed by atoms with Crippen LogP contribution in [0.1, 0.15) is 96.8 Å². The summed E-state index contributed by atoms with van der Waals surface area (Å²) in [7, 11) is 0. The minimum atomic E-state index is -0.622. The van der Waals surface area contributed by atoms with Crippen molar-refractivity contribution in [1.82, 2.24) is 0 Å². The summed E-state index contributed by atoms with van der Waals surface area (Å²) in [6, 6.07) is 0. The summed E-state index contributed by atoms with van der Waals surface area (Å²) in [6.45, 7) is 2.30. The third-order valence-electron chi connectivity index (χ3n) is 6.43. The number of hydrogen-bond donors (Lipinski definition) is 1. The van der Waals surface area contributed by atoms with Gasteiger partial charge in [0.2, 0.25) is 0 Å². The molecule has 2 fully saturated rings. The van der Waals surface area contributed by atoms with Gasteiger partial charge in [0.25, 0.3) is 0 Å². The molecule has 0 radical (unpaired) electrons. The average molecular weight is 309 g/mol. The highest BCUT2D eigenvalue weighted by molar-refractivity contribution is 5.66. The van der Waals surface area contributed by atoms with Crippen molar-refractivity contribution in [3.8, 4) is 0 Å². The van der Waals surface area contributed by atoms with Gasteiger partial charge in [0, 0.05) is 6.42 Å². The van der Waals surface area contributed by atoms with Gasteiger partial charge in [-0.2, -0.15) is 0 Å². The van der Waals surface area contributed by atoms with E-state index in [0.717, 1.165) is 24.2 Å². The zero-order chi connectivity index (χ0) is 15.8. The van der Waals surface area contributed by atoms with E-state index in [4.69, 9.17) is 5.11 Å². The Morgan fingerprint density at radius 3 is 1.77 bits per heavy atom. The Hall–Kier alpha value is -0.530. The molecule has 128 valence electrons. The standard InChI is InChI=1S/C20H36O2/c1-2-3-4-5-16-6-11-18(12-7-16)19-13-8-17(9-14-19)10-15-20(21)22/h16-19H,2-15H2,1H3,(H,21,22)/t16-,17-,18-,19-. The van der Waals surface area contributed by atoms with Gasteiger partial charge >= 0.3 is 5.97 Å². The highest BCUT2D eigenvalue weighted by Crippen LogP contribution is 2.43. The lowest BCUT2D eigenvalue weighted by Crippen LogP contribution is -2.26. The largest absolute Gasteiger partial charge is 0.481 e. The monoisotopic (exact) mass is 308 g/mol. The predicted molar refractivity (Wildman–Crippen MR) is 91.9 cm³/mol. The molecule has 0 unspecified atom stereocenters. The summed E-state index contributed by atoms with van der Waals surface area (Å²) in [5, 5.41) is 8.80. The van der Waals surface area contributed by atoms with E-state index in [1.807, 2.05) is 0 Å². The molecule has 0 spiro atoms. The number of carboxylic acids is 1. The molecule has 0 heterocycles. The molecule has 0 aromatic carbocycles. The summed E-state index contributed by atoms with van der Waals surface area (Å²) in [4.78, 5) is 10.7. The first-order valence-electron chi connectivity index (χ1n) is 9.90. The smallest absolute Gasteiger partial charge is 0.303 e. The number of carbonyl (C=O) groups is 1. The van der Waals surface area contributed by atoms with Crippen LogP contribution < -0.4 is 0 Å². The molecule has 0 aliphatic heterocycles. The lowest BCUT2D eigenvalue weighted by Gasteiger charge is -2.38. The van der Waals surface area contributed by atoms with Crippen LogP contribution in [0.4, 0.5) is 0 Å². The quantitative estimate of drug-likeness (QED) is 0.555. The molecule has 0 aromatic heterocycles. The molecule has 22 heavy (non-hydrogen) atoms. The van der Waals surface area contributed by atoms with Gasteiger partial charge in [0.1, 0.15) is 0 Å². The molecular formula is C20H36O2. The maximum Gasteiger partial charge on any atom is 0.303 e. The summed E-state index contributed by atoms with van der Waals surface area (Å²) in [5.74, 6) is 3.04. The van der Waals surface area contributed by atoms with E-state index >= 15 is 0 Å². The van der Waals surface area contributed by atoms with Crippen molar-refractivity contribution in [2.24, 2.45) is 23.7 Å². The molecule has 2 saturated carbocycles. The lowest BCUT2D eigenvalue weighted by molar-refractivity contribution is -0.137. The first kappa shape index (κ1) is 17.8. The Morgan fingerprint density at radius 2 is 1.32 bits per heavy atom. The van der Waals surface area contributed by atoms with Gasteiger partial charge in [-0.25, -0.2) is 0 Å². The predicted octanol–water partition coefficient (Wildman–Crippen LogP) is 6.04. The Morgan fingerprint density at radius 1 is 0.818 bits per heavy atom. The zero-order valence-corrected chi connectivity index (χ0v) is 14.6. The number of rotatable bonds is 8. The van der Waals surface area contributed by atoms with Crippen LogP contribution in [0, 0.1) is 23.7 Å². The van der Waals surface area contributed by atoms with E-state index < -0.39 is 5.97 Å². The molecule has 2 aliphatic carbocycles. The minimum absolute atomic E-state index is 0.373. The van der Waals surface area contributed by atoms with Crippen LogP contribution in [0.5, 0.6) is 0 Å². The fourth-order valence-corrected chi connectivity index (χ4v) is 4.91. The topological polar surface area (TPSA) is 37.3 Å². The first-order chi connectivity index (χ1) is 10.7. The maximum absolute atomic E-state index is 10.7. The fourth-order valence-electron chi connectivity index (χ4n) is 4.91. The molecule has 2 heteroatoms. The molecule has 0 aromatic rings. The van der Waals surface area contributed by atoms with Crippen LogP contribution in [0.15, 0.2) is 0 Å². The van der Waals surface area contributed by atoms with E-state index in [2.05, 4.69) is 6.92 Å². The molecule has 1 N–H and O–H groups in total. The van der Waals surface area contributed by atoms with Crippen LogP contribution in [-0.2, 0) is 4.79 Å². The minimum Gasteiger partial charge on any atom is -0.481 e. The average Bonchev–Trinajstić information content (AvgIpc) is 2.54. The van der Waals surface area contributed by atoms with Gasteiger partial charge in [-0.15, -0.1) is 0 Å². The van der Waals surface area contributed by atoms with Crippen molar-refractivity contribution in [3.63, 3.8) is 0 Å². The van der Waals surface area contributed by atoms with Gasteiger partial charge in [0.05, 0.1) is 0 Å². The van der Waals surface area contributed by atoms with Crippen LogP contribution in [0.2, 0.25) is 0 Å². The summed E-state index contributed by atoms with van der Waals surface area (Å²) < 4.78 is 0. The van der Waals surface area contributed by atoms with Crippen LogP contribution in [-0.4, -0.2) is 11.1 Å². The van der Waals surface area contributed by atoms with Crippen molar-refractivity contribution in [2.75, 3.05) is 0 Å². The van der Waals surface area contributed by atoms with E-state index in [0.29, 0.717) is 12.3 Å².